The number of esters is 1. The number of carbonyl (C=O) groups excluding carboxylic acids is 2. The van der Waals surface area contributed by atoms with Crippen molar-refractivity contribution in [1.29, 1.82) is 0 Å². The van der Waals surface area contributed by atoms with Crippen LogP contribution in [0.2, 0.25) is 0 Å². The van der Waals surface area contributed by atoms with Gasteiger partial charge in [-0.1, -0.05) is 67.0 Å². The zero-order chi connectivity index (χ0) is 26.8. The molecule has 6 nitrogen and oxygen atoms in total. The van der Waals surface area contributed by atoms with Gasteiger partial charge in [0.1, 0.15) is 0 Å². The molecule has 0 bridgehead atoms. The van der Waals surface area contributed by atoms with E-state index >= 15 is 0 Å². The molecule has 35 heavy (non-hydrogen) atoms. The van der Waals surface area contributed by atoms with E-state index in [1.807, 2.05) is 26.0 Å². The first-order valence-electron chi connectivity index (χ1n) is 13.3. The van der Waals surface area contributed by atoms with Crippen LogP contribution in [-0.4, -0.2) is 42.3 Å². The van der Waals surface area contributed by atoms with Gasteiger partial charge in [-0.2, -0.15) is 0 Å². The Kier molecular flexibility index (Phi) is 13.0. The Hall–Kier alpha value is -1.92. The van der Waals surface area contributed by atoms with Gasteiger partial charge in [-0.05, 0) is 67.1 Å². The third kappa shape index (κ3) is 10.3. The fourth-order valence-corrected chi connectivity index (χ4v) is 4.21. The van der Waals surface area contributed by atoms with Crippen molar-refractivity contribution in [3.63, 3.8) is 0 Å². The summed E-state index contributed by atoms with van der Waals surface area (Å²) in [4.78, 5) is 25.1. The lowest BCUT2D eigenvalue weighted by Crippen LogP contribution is -2.41. The quantitative estimate of drug-likeness (QED) is 0.252. The Morgan fingerprint density at radius 2 is 1.77 bits per heavy atom. The van der Waals surface area contributed by atoms with Crippen LogP contribution in [0, 0.1) is 17.8 Å². The van der Waals surface area contributed by atoms with E-state index in [9.17, 15) is 14.7 Å². The minimum atomic E-state index is -0.768. The minimum absolute atomic E-state index is 0.0388. The van der Waals surface area contributed by atoms with E-state index in [4.69, 9.17) is 10.5 Å². The number of carbonyl (C=O) groups is 2. The number of aliphatic hydroxyl groups excluding tert-OH is 1. The first-order valence-corrected chi connectivity index (χ1v) is 13.3. The second-order valence-electron chi connectivity index (χ2n) is 11.3. The smallest absolute Gasteiger partial charge is 0.338 e. The highest BCUT2D eigenvalue weighted by Crippen LogP contribution is 2.29. The number of unbranched alkanes of at least 4 members (excludes halogenated alkanes) is 1. The molecule has 1 aromatic rings. The maximum absolute atomic E-state index is 12.8. The standard InChI is InChI=1S/C29H50N2O4/c1-9-11-14-31-27(33)20(5)15-26(32)25(30)17-22(19(3)4)16-21-12-13-23(29(6,7)8)18-24(21)28(34)35-10-2/h12-13,18-20,22,25-26,32H,9-11,14-17,30H2,1-8H3,(H,31,33)/t20?,22-,25-,26-/m0/s1. The van der Waals surface area contributed by atoms with Crippen molar-refractivity contribution < 1.29 is 19.4 Å². The lowest BCUT2D eigenvalue weighted by Gasteiger charge is -2.29. The molecule has 0 heterocycles. The summed E-state index contributed by atoms with van der Waals surface area (Å²) < 4.78 is 5.36. The molecule has 0 spiro atoms. The predicted octanol–water partition coefficient (Wildman–Crippen LogP) is 5.00. The second kappa shape index (κ2) is 14.6. The Labute approximate surface area is 213 Å². The maximum Gasteiger partial charge on any atom is 0.338 e. The summed E-state index contributed by atoms with van der Waals surface area (Å²) in [5, 5.41) is 13.7. The van der Waals surface area contributed by atoms with Gasteiger partial charge in [-0.3, -0.25) is 4.79 Å². The van der Waals surface area contributed by atoms with Gasteiger partial charge in [0.25, 0.3) is 0 Å². The normalized spacial score (nSPS) is 15.4. The molecule has 0 fully saturated rings. The molecule has 1 rings (SSSR count). The van der Waals surface area contributed by atoms with Crippen LogP contribution < -0.4 is 11.1 Å². The molecule has 1 aromatic carbocycles. The molecule has 4 atom stereocenters. The highest BCUT2D eigenvalue weighted by atomic mass is 16.5. The summed E-state index contributed by atoms with van der Waals surface area (Å²) in [6, 6.07) is 5.63. The molecule has 0 aliphatic rings. The molecule has 0 aliphatic heterocycles. The molecular formula is C29H50N2O4. The van der Waals surface area contributed by atoms with Crippen molar-refractivity contribution in [3.05, 3.63) is 34.9 Å². The number of amides is 1. The summed E-state index contributed by atoms with van der Waals surface area (Å²) in [5.41, 5.74) is 8.99. The van der Waals surface area contributed by atoms with Crippen molar-refractivity contribution >= 4 is 11.9 Å². The highest BCUT2D eigenvalue weighted by molar-refractivity contribution is 5.91. The summed E-state index contributed by atoms with van der Waals surface area (Å²) in [6.07, 6.45) is 2.81. The first kappa shape index (κ1) is 31.1. The molecule has 4 N–H and O–H groups in total. The summed E-state index contributed by atoms with van der Waals surface area (Å²) in [7, 11) is 0. The van der Waals surface area contributed by atoms with Gasteiger partial charge in [0.05, 0.1) is 18.3 Å². The fourth-order valence-electron chi connectivity index (χ4n) is 4.21. The monoisotopic (exact) mass is 490 g/mol. The van der Waals surface area contributed by atoms with Crippen molar-refractivity contribution in [2.75, 3.05) is 13.2 Å². The molecule has 6 heteroatoms. The van der Waals surface area contributed by atoms with E-state index in [0.29, 0.717) is 43.9 Å². The van der Waals surface area contributed by atoms with Crippen LogP contribution in [0.5, 0.6) is 0 Å². The molecule has 0 saturated carbocycles. The van der Waals surface area contributed by atoms with Crippen LogP contribution >= 0.6 is 0 Å². The second-order valence-corrected chi connectivity index (χ2v) is 11.3. The number of rotatable bonds is 14. The number of benzene rings is 1. The van der Waals surface area contributed by atoms with Gasteiger partial charge in [-0.25, -0.2) is 4.79 Å². The Morgan fingerprint density at radius 1 is 1.11 bits per heavy atom. The van der Waals surface area contributed by atoms with Crippen molar-refractivity contribution in [3.8, 4) is 0 Å². The van der Waals surface area contributed by atoms with Crippen LogP contribution in [0.25, 0.3) is 0 Å². The third-order valence-electron chi connectivity index (χ3n) is 6.84. The van der Waals surface area contributed by atoms with Crippen LogP contribution in [0.15, 0.2) is 18.2 Å². The number of hydrogen-bond donors (Lipinski definition) is 3. The lowest BCUT2D eigenvalue weighted by molar-refractivity contribution is -0.125. The van der Waals surface area contributed by atoms with Crippen LogP contribution in [0.4, 0.5) is 0 Å². The molecule has 0 aromatic heterocycles. The van der Waals surface area contributed by atoms with Gasteiger partial charge < -0.3 is 20.9 Å². The van der Waals surface area contributed by atoms with Gasteiger partial charge in [-0.15, -0.1) is 0 Å². The maximum atomic E-state index is 12.8. The summed E-state index contributed by atoms with van der Waals surface area (Å²) >= 11 is 0. The fraction of sp³-hybridized carbons (Fsp3) is 0.724. The number of hydrogen-bond acceptors (Lipinski definition) is 5. The van der Waals surface area contributed by atoms with E-state index in [1.165, 1.54) is 0 Å². The van der Waals surface area contributed by atoms with Crippen LogP contribution in [-0.2, 0) is 21.4 Å². The Morgan fingerprint density at radius 3 is 2.31 bits per heavy atom. The Balaban J connectivity index is 2.97. The number of nitrogens with one attached hydrogen (secondary N) is 1. The molecule has 200 valence electrons. The molecular weight excluding hydrogens is 440 g/mol. The van der Waals surface area contributed by atoms with Crippen molar-refractivity contribution in [2.45, 2.75) is 105 Å². The van der Waals surface area contributed by atoms with Crippen molar-refractivity contribution in [1.82, 2.24) is 5.32 Å². The van der Waals surface area contributed by atoms with Crippen LogP contribution in [0.1, 0.15) is 103 Å². The van der Waals surface area contributed by atoms with E-state index in [2.05, 4.69) is 52.9 Å². The number of aliphatic hydroxyl groups is 1. The third-order valence-corrected chi connectivity index (χ3v) is 6.84. The van der Waals surface area contributed by atoms with Crippen molar-refractivity contribution in [2.24, 2.45) is 23.5 Å². The molecule has 1 unspecified atom stereocenters. The SMILES string of the molecule is CCCCNC(=O)C(C)C[C@H](O)[C@@H](N)C[C@H](Cc1ccc(C(C)(C)C)cc1C(=O)OCC)C(C)C. The van der Waals surface area contributed by atoms with E-state index in [1.54, 1.807) is 0 Å². The molecule has 1 amide bonds. The highest BCUT2D eigenvalue weighted by Gasteiger charge is 2.27. The van der Waals surface area contributed by atoms with E-state index in [0.717, 1.165) is 24.0 Å². The lowest BCUT2D eigenvalue weighted by atomic mass is 9.79. The largest absolute Gasteiger partial charge is 0.462 e. The average Bonchev–Trinajstić information content (AvgIpc) is 2.77. The Bertz CT molecular complexity index is 800. The average molecular weight is 491 g/mol. The number of nitrogens with two attached hydrogens (primary N) is 1. The molecule has 0 saturated heterocycles. The van der Waals surface area contributed by atoms with E-state index in [-0.39, 0.29) is 29.1 Å². The van der Waals surface area contributed by atoms with Crippen LogP contribution in [0.3, 0.4) is 0 Å². The van der Waals surface area contributed by atoms with Gasteiger partial charge in [0.2, 0.25) is 5.91 Å². The van der Waals surface area contributed by atoms with Gasteiger partial charge >= 0.3 is 5.97 Å². The van der Waals surface area contributed by atoms with E-state index < -0.39 is 12.1 Å². The number of ether oxygens (including phenoxy) is 1. The predicted molar refractivity (Wildman–Crippen MR) is 143 cm³/mol. The summed E-state index contributed by atoms with van der Waals surface area (Å²) in [5.74, 6) is -0.167. The topological polar surface area (TPSA) is 102 Å². The molecule has 0 radical (unpaired) electrons. The van der Waals surface area contributed by atoms with Gasteiger partial charge in [0, 0.05) is 18.5 Å². The first-order chi connectivity index (χ1) is 16.3. The minimum Gasteiger partial charge on any atom is -0.462 e. The molecule has 0 aliphatic carbocycles. The zero-order valence-electron chi connectivity index (χ0n) is 23.3. The summed E-state index contributed by atoms with van der Waals surface area (Å²) in [6.45, 7) is 17.4. The van der Waals surface area contributed by atoms with Gasteiger partial charge in [0.15, 0.2) is 0 Å². The zero-order valence-corrected chi connectivity index (χ0v) is 23.3.